The molecule has 2 heterocycles. The maximum Gasteiger partial charge on any atom is 0.313 e. The van der Waals surface area contributed by atoms with Crippen LogP contribution in [0.4, 0.5) is 5.69 Å². The summed E-state index contributed by atoms with van der Waals surface area (Å²) in [6, 6.07) is 14.0. The number of rotatable bonds is 5. The number of amides is 2. The molecule has 4 aromatic rings. The number of nitrogens with zero attached hydrogens (tertiary/aromatic N) is 3. The van der Waals surface area contributed by atoms with Gasteiger partial charge in [-0.25, -0.2) is 4.52 Å². The van der Waals surface area contributed by atoms with Gasteiger partial charge >= 0.3 is 11.8 Å². The van der Waals surface area contributed by atoms with Crippen LogP contribution in [0, 0.1) is 0 Å². The minimum Gasteiger partial charge on any atom is -0.347 e. The maximum atomic E-state index is 12.1. The normalized spacial score (nSPS) is 10.9. The van der Waals surface area contributed by atoms with E-state index in [-0.39, 0.29) is 6.54 Å². The number of hydrogen-bond donors (Lipinski definition) is 2. The van der Waals surface area contributed by atoms with Crippen LogP contribution in [0.5, 0.6) is 0 Å². The smallest absolute Gasteiger partial charge is 0.313 e. The molecule has 2 aromatic heterocycles. The number of nitrogens with one attached hydrogen (secondary N) is 2. The van der Waals surface area contributed by atoms with Crippen LogP contribution in [0.3, 0.4) is 0 Å². The fourth-order valence-electron chi connectivity index (χ4n) is 2.74. The Morgan fingerprint density at radius 2 is 1.80 bits per heavy atom. The Kier molecular flexibility index (Phi) is 5.98. The van der Waals surface area contributed by atoms with Crippen molar-refractivity contribution in [2.24, 2.45) is 0 Å². The van der Waals surface area contributed by atoms with Crippen molar-refractivity contribution < 1.29 is 9.59 Å². The van der Waals surface area contributed by atoms with Crippen LogP contribution in [0.15, 0.2) is 53.9 Å². The third-order valence-corrected chi connectivity index (χ3v) is 5.69. The van der Waals surface area contributed by atoms with Gasteiger partial charge in [-0.15, -0.1) is 16.4 Å². The second kappa shape index (κ2) is 8.83. The van der Waals surface area contributed by atoms with E-state index in [0.29, 0.717) is 28.0 Å². The first-order valence-corrected chi connectivity index (χ1v) is 10.6. The second-order valence-electron chi connectivity index (χ2n) is 6.30. The summed E-state index contributed by atoms with van der Waals surface area (Å²) in [5, 5.41) is 12.6. The number of para-hydroxylation sites is 1. The van der Waals surface area contributed by atoms with E-state index in [1.165, 1.54) is 11.3 Å². The highest BCUT2D eigenvalue weighted by Gasteiger charge is 2.16. The Morgan fingerprint density at radius 3 is 2.57 bits per heavy atom. The number of benzene rings is 2. The number of aromatic nitrogens is 3. The van der Waals surface area contributed by atoms with Gasteiger partial charge in [0, 0.05) is 28.9 Å². The molecule has 0 radical (unpaired) electrons. The average Bonchev–Trinajstić information content (AvgIpc) is 3.32. The van der Waals surface area contributed by atoms with Crippen LogP contribution >= 0.6 is 34.5 Å². The lowest BCUT2D eigenvalue weighted by Crippen LogP contribution is -2.36. The molecule has 0 saturated carbocycles. The first-order valence-electron chi connectivity index (χ1n) is 8.94. The highest BCUT2D eigenvalue weighted by molar-refractivity contribution is 7.15. The Morgan fingerprint density at radius 1 is 1.03 bits per heavy atom. The Labute approximate surface area is 185 Å². The van der Waals surface area contributed by atoms with Crippen LogP contribution in [0.1, 0.15) is 5.69 Å². The number of carbonyl (C=O) groups is 2. The summed E-state index contributed by atoms with van der Waals surface area (Å²) in [4.78, 5) is 29.4. The van der Waals surface area contributed by atoms with Crippen LogP contribution in [-0.2, 0) is 16.0 Å². The largest absolute Gasteiger partial charge is 0.347 e. The molecule has 10 heteroatoms. The van der Waals surface area contributed by atoms with Crippen LogP contribution in [-0.4, -0.2) is 33.0 Å². The van der Waals surface area contributed by atoms with Gasteiger partial charge in [0.1, 0.15) is 0 Å². The quantitative estimate of drug-likeness (QED) is 0.440. The number of fused-ring (bicyclic) bond motifs is 1. The topological polar surface area (TPSA) is 88.4 Å². The van der Waals surface area contributed by atoms with Crippen LogP contribution in [0.25, 0.3) is 16.3 Å². The summed E-state index contributed by atoms with van der Waals surface area (Å²) in [7, 11) is 0. The van der Waals surface area contributed by atoms with Gasteiger partial charge < -0.3 is 10.6 Å². The third kappa shape index (κ3) is 4.46. The van der Waals surface area contributed by atoms with Gasteiger partial charge in [-0.3, -0.25) is 9.59 Å². The molecular formula is C20H15Cl2N5O2S. The highest BCUT2D eigenvalue weighted by Crippen LogP contribution is 2.23. The van der Waals surface area contributed by atoms with E-state index in [1.54, 1.807) is 40.9 Å². The van der Waals surface area contributed by atoms with Gasteiger partial charge in [-0.05, 0) is 36.4 Å². The lowest BCUT2D eigenvalue weighted by atomic mass is 10.2. The molecule has 0 bridgehead atoms. The molecule has 0 unspecified atom stereocenters. The zero-order valence-corrected chi connectivity index (χ0v) is 17.8. The summed E-state index contributed by atoms with van der Waals surface area (Å²) in [6.07, 6.45) is 0.495. The number of anilines is 1. The van der Waals surface area contributed by atoms with E-state index >= 15 is 0 Å². The zero-order valence-electron chi connectivity index (χ0n) is 15.4. The molecule has 0 aliphatic heterocycles. The fourth-order valence-corrected chi connectivity index (χ4v) is 3.91. The van der Waals surface area contributed by atoms with Gasteiger partial charge in [-0.2, -0.15) is 4.98 Å². The van der Waals surface area contributed by atoms with Gasteiger partial charge in [-0.1, -0.05) is 35.3 Å². The molecule has 2 aromatic carbocycles. The summed E-state index contributed by atoms with van der Waals surface area (Å²) < 4.78 is 1.74. The van der Waals surface area contributed by atoms with Crippen LogP contribution < -0.4 is 10.6 Å². The lowest BCUT2D eigenvalue weighted by molar-refractivity contribution is -0.136. The fraction of sp³-hybridized carbons (Fsp3) is 0.100. The predicted octanol–water partition coefficient (Wildman–Crippen LogP) is 4.06. The maximum absolute atomic E-state index is 12.1. The molecule has 30 heavy (non-hydrogen) atoms. The molecule has 7 nitrogen and oxygen atoms in total. The molecular weight excluding hydrogens is 445 g/mol. The van der Waals surface area contributed by atoms with Crippen LogP contribution in [0.2, 0.25) is 10.0 Å². The minimum atomic E-state index is -0.774. The number of carbonyl (C=O) groups excluding carboxylic acids is 2. The average molecular weight is 460 g/mol. The summed E-state index contributed by atoms with van der Waals surface area (Å²) in [5.41, 5.74) is 2.14. The molecule has 0 fully saturated rings. The molecule has 0 spiro atoms. The summed E-state index contributed by atoms with van der Waals surface area (Å²) in [6.45, 7) is 0.275. The van der Waals surface area contributed by atoms with E-state index in [2.05, 4.69) is 20.7 Å². The molecule has 0 aliphatic rings. The van der Waals surface area contributed by atoms with Crippen molar-refractivity contribution in [3.63, 3.8) is 0 Å². The van der Waals surface area contributed by atoms with E-state index in [1.807, 2.05) is 17.5 Å². The minimum absolute atomic E-state index is 0.275. The lowest BCUT2D eigenvalue weighted by Gasteiger charge is -2.07. The SMILES string of the molecule is O=C(NCCc1csc2nc(-c3ccc(Cl)cc3)nn12)C(=O)Nc1ccccc1Cl. The standard InChI is InChI=1S/C20H15Cl2N5O2S/c21-13-7-5-12(6-8-13)17-25-20-27(26-17)14(11-30-20)9-10-23-18(28)19(29)24-16-4-2-1-3-15(16)22/h1-8,11H,9-10H2,(H,23,28)(H,24,29). The van der Waals surface area contributed by atoms with Crippen molar-refractivity contribution in [2.45, 2.75) is 6.42 Å². The van der Waals surface area contributed by atoms with E-state index in [9.17, 15) is 9.59 Å². The Balaban J connectivity index is 1.37. The van der Waals surface area contributed by atoms with E-state index in [0.717, 1.165) is 16.2 Å². The molecule has 2 amide bonds. The Bertz CT molecular complexity index is 1220. The van der Waals surface area contributed by atoms with Crippen molar-refractivity contribution in [3.05, 3.63) is 69.7 Å². The van der Waals surface area contributed by atoms with Gasteiger partial charge in [0.25, 0.3) is 0 Å². The van der Waals surface area contributed by atoms with Crippen molar-refractivity contribution >= 4 is 57.0 Å². The number of halogens is 2. The first kappa shape index (κ1) is 20.3. The molecule has 0 atom stereocenters. The summed E-state index contributed by atoms with van der Waals surface area (Å²) in [5.74, 6) is -0.908. The van der Waals surface area contributed by atoms with Crippen molar-refractivity contribution in [2.75, 3.05) is 11.9 Å². The van der Waals surface area contributed by atoms with Crippen molar-refractivity contribution in [1.82, 2.24) is 19.9 Å². The molecule has 0 aliphatic carbocycles. The molecule has 0 saturated heterocycles. The van der Waals surface area contributed by atoms with E-state index in [4.69, 9.17) is 23.2 Å². The van der Waals surface area contributed by atoms with Gasteiger partial charge in [0.2, 0.25) is 4.96 Å². The van der Waals surface area contributed by atoms with Gasteiger partial charge in [0.15, 0.2) is 5.82 Å². The number of hydrogen-bond acceptors (Lipinski definition) is 5. The van der Waals surface area contributed by atoms with Gasteiger partial charge in [0.05, 0.1) is 16.4 Å². The van der Waals surface area contributed by atoms with E-state index < -0.39 is 11.8 Å². The highest BCUT2D eigenvalue weighted by atomic mass is 35.5. The molecule has 2 N–H and O–H groups in total. The van der Waals surface area contributed by atoms with Crippen molar-refractivity contribution in [1.29, 1.82) is 0 Å². The van der Waals surface area contributed by atoms with Crippen molar-refractivity contribution in [3.8, 4) is 11.4 Å². The monoisotopic (exact) mass is 459 g/mol. The predicted molar refractivity (Wildman–Crippen MR) is 118 cm³/mol. The zero-order chi connectivity index (χ0) is 21.1. The summed E-state index contributed by atoms with van der Waals surface area (Å²) >= 11 is 13.4. The molecule has 4 rings (SSSR count). The Hall–Kier alpha value is -2.94. The second-order valence-corrected chi connectivity index (χ2v) is 7.98. The first-order chi connectivity index (χ1) is 14.5. The molecule has 152 valence electrons. The number of thiazole rings is 1. The third-order valence-electron chi connectivity index (χ3n) is 4.25.